The smallest absolute Gasteiger partial charge is 0.462 e. The van der Waals surface area contributed by atoms with E-state index in [2.05, 4.69) is 83.1 Å². The minimum Gasteiger partial charge on any atom is -0.462 e. The number of benzene rings is 2. The van der Waals surface area contributed by atoms with Crippen molar-refractivity contribution in [1.82, 2.24) is 0 Å². The summed E-state index contributed by atoms with van der Waals surface area (Å²) in [5, 5.41) is 0. The molecule has 298 valence electrons. The van der Waals surface area contributed by atoms with Crippen molar-refractivity contribution >= 4 is 11.9 Å². The van der Waals surface area contributed by atoms with Crippen LogP contribution in [0.5, 0.6) is 0 Å². The molecule has 1 atom stereocenters. The molecule has 5 heteroatoms. The average Bonchev–Trinajstić information content (AvgIpc) is 3.10. The number of unbranched alkanes of at least 4 members (excludes halogenated alkanes) is 8. The zero-order valence-corrected chi connectivity index (χ0v) is 35.7. The number of hydrogen-bond acceptors (Lipinski definition) is 4. The number of carbonyl (C=O) groups is 2. The molecule has 0 spiro atoms. The molecule has 0 N–H and O–H groups in total. The number of carbonyl (C=O) groups excluding carboxylic acids is 2. The van der Waals surface area contributed by atoms with E-state index in [0.29, 0.717) is 18.8 Å². The molecular formula is C48H79LiO4-2. The topological polar surface area (TPSA) is 52.6 Å². The van der Waals surface area contributed by atoms with Crippen molar-refractivity contribution in [2.75, 3.05) is 0 Å². The van der Waals surface area contributed by atoms with Crippen LogP contribution in [0, 0.1) is 41.5 Å². The molecule has 0 aliphatic carbocycles. The first-order chi connectivity index (χ1) is 24.3. The van der Waals surface area contributed by atoms with Gasteiger partial charge < -0.3 is 31.3 Å². The van der Waals surface area contributed by atoms with Gasteiger partial charge in [-0.2, -0.15) is 6.42 Å². The molecular weight excluding hydrogens is 647 g/mol. The van der Waals surface area contributed by atoms with Crippen LogP contribution < -0.4 is 18.9 Å². The quantitative estimate of drug-likeness (QED) is 0.0348. The molecule has 1 unspecified atom stereocenters. The van der Waals surface area contributed by atoms with Crippen LogP contribution in [0.15, 0.2) is 48.5 Å². The maximum atomic E-state index is 13.1. The number of rotatable bonds is 30. The van der Waals surface area contributed by atoms with Gasteiger partial charge in [-0.25, -0.2) is 0 Å². The predicted molar refractivity (Wildman–Crippen MR) is 224 cm³/mol. The summed E-state index contributed by atoms with van der Waals surface area (Å²) < 4.78 is 12.2. The largest absolute Gasteiger partial charge is 1.00 e. The molecule has 0 fully saturated rings. The minimum absolute atomic E-state index is 0. The van der Waals surface area contributed by atoms with Gasteiger partial charge in [0.1, 0.15) is 12.2 Å². The van der Waals surface area contributed by atoms with Gasteiger partial charge in [0.15, 0.2) is 0 Å². The first-order valence-corrected chi connectivity index (χ1v) is 20.6. The van der Waals surface area contributed by atoms with Crippen molar-refractivity contribution in [1.29, 1.82) is 0 Å². The van der Waals surface area contributed by atoms with Crippen molar-refractivity contribution in [3.8, 4) is 0 Å². The van der Waals surface area contributed by atoms with Crippen LogP contribution in [0.2, 0.25) is 0 Å². The Morgan fingerprint density at radius 1 is 0.528 bits per heavy atom. The maximum Gasteiger partial charge on any atom is 1.00 e. The molecule has 2 aromatic rings. The monoisotopic (exact) mass is 727 g/mol. The first-order valence-electron chi connectivity index (χ1n) is 20.6. The number of esters is 2. The van der Waals surface area contributed by atoms with Gasteiger partial charge >= 0.3 is 30.8 Å². The van der Waals surface area contributed by atoms with Crippen LogP contribution in [0.3, 0.4) is 0 Å². The summed E-state index contributed by atoms with van der Waals surface area (Å²) in [6, 6.07) is 17.3. The minimum atomic E-state index is -0.0942. The van der Waals surface area contributed by atoms with E-state index in [-0.39, 0.29) is 57.9 Å². The summed E-state index contributed by atoms with van der Waals surface area (Å²) in [7, 11) is 0. The van der Waals surface area contributed by atoms with Crippen LogP contribution in [0.4, 0.5) is 0 Å². The van der Waals surface area contributed by atoms with Crippen LogP contribution in [0.1, 0.15) is 177 Å². The van der Waals surface area contributed by atoms with Gasteiger partial charge in [0, 0.05) is 12.8 Å². The summed E-state index contributed by atoms with van der Waals surface area (Å²) in [6.45, 7) is 12.8. The fourth-order valence-corrected chi connectivity index (χ4v) is 6.92. The SMILES string of the molecule is [CH2-]CCC(CCCC(=O)OC(CCCCCCC)CCCCCCC)CCCC(=O)OC(CCc1ccc(C)cc1)CCc1ccc(C)cc1.[CH3-].[CH3-].[Li+]. The van der Waals surface area contributed by atoms with Gasteiger partial charge in [-0.15, -0.1) is 0 Å². The summed E-state index contributed by atoms with van der Waals surface area (Å²) in [5.74, 6) is 0.353. The Labute approximate surface area is 340 Å². The van der Waals surface area contributed by atoms with E-state index in [1.807, 2.05) is 0 Å². The van der Waals surface area contributed by atoms with Crippen LogP contribution >= 0.6 is 0 Å². The number of hydrogen-bond donors (Lipinski definition) is 0. The Morgan fingerprint density at radius 2 is 0.906 bits per heavy atom. The van der Waals surface area contributed by atoms with Gasteiger partial charge in [-0.05, 0) is 108 Å². The van der Waals surface area contributed by atoms with Crippen molar-refractivity contribution in [3.63, 3.8) is 0 Å². The third kappa shape index (κ3) is 27.2. The molecule has 4 nitrogen and oxygen atoms in total. The van der Waals surface area contributed by atoms with Crippen molar-refractivity contribution in [2.24, 2.45) is 5.92 Å². The van der Waals surface area contributed by atoms with Gasteiger partial charge in [-0.3, -0.25) is 9.59 Å². The zero-order chi connectivity index (χ0) is 36.2. The van der Waals surface area contributed by atoms with Crippen molar-refractivity contribution in [3.05, 3.63) is 92.6 Å². The van der Waals surface area contributed by atoms with Crippen LogP contribution in [-0.2, 0) is 31.9 Å². The average molecular weight is 727 g/mol. The van der Waals surface area contributed by atoms with Crippen molar-refractivity contribution < 1.29 is 37.9 Å². The van der Waals surface area contributed by atoms with E-state index in [1.54, 1.807) is 0 Å². The fourth-order valence-electron chi connectivity index (χ4n) is 6.92. The van der Waals surface area contributed by atoms with Gasteiger partial charge in [0.05, 0.1) is 0 Å². The molecule has 0 saturated heterocycles. The van der Waals surface area contributed by atoms with E-state index >= 15 is 0 Å². The Hall–Kier alpha value is -2.02. The second-order valence-electron chi connectivity index (χ2n) is 15.0. The Kier molecular flexibility index (Phi) is 34.5. The Balaban J connectivity index is 0. The summed E-state index contributed by atoms with van der Waals surface area (Å²) >= 11 is 0. The maximum absolute atomic E-state index is 13.1. The first kappa shape index (κ1) is 53.1. The van der Waals surface area contributed by atoms with E-state index in [1.165, 1.54) is 73.6 Å². The number of aryl methyl sites for hydroxylation is 4. The van der Waals surface area contributed by atoms with Gasteiger partial charge in [0.2, 0.25) is 0 Å². The molecule has 0 aliphatic rings. The normalized spacial score (nSPS) is 11.4. The molecule has 0 aliphatic heterocycles. The second kappa shape index (κ2) is 34.5. The molecule has 2 rings (SSSR count). The van der Waals surface area contributed by atoms with Crippen LogP contribution in [-0.4, -0.2) is 24.1 Å². The molecule has 2 aromatic carbocycles. The van der Waals surface area contributed by atoms with Gasteiger partial charge in [0.25, 0.3) is 0 Å². The summed E-state index contributed by atoms with van der Waals surface area (Å²) in [5.41, 5.74) is 5.09. The molecule has 0 amide bonds. The predicted octanol–water partition coefficient (Wildman–Crippen LogP) is 10.9. The molecule has 53 heavy (non-hydrogen) atoms. The Morgan fingerprint density at radius 3 is 1.28 bits per heavy atom. The van der Waals surface area contributed by atoms with E-state index < -0.39 is 0 Å². The third-order valence-corrected chi connectivity index (χ3v) is 10.2. The van der Waals surface area contributed by atoms with E-state index in [4.69, 9.17) is 9.47 Å². The Bertz CT molecular complexity index is 1070. The van der Waals surface area contributed by atoms with Crippen LogP contribution in [0.25, 0.3) is 0 Å². The van der Waals surface area contributed by atoms with E-state index in [0.717, 1.165) is 89.9 Å². The third-order valence-electron chi connectivity index (χ3n) is 10.2. The van der Waals surface area contributed by atoms with E-state index in [9.17, 15) is 9.59 Å². The molecule has 0 bridgehead atoms. The standard InChI is InChI=1S/C46H73O4.2CH3.Li/c1-6-9-11-13-15-22-43(23-16-14-12-10-7-2)49-45(47)24-17-20-40(19-8-3)21-18-25-46(48)50-44(36-34-41-30-26-38(4)27-31-41)37-35-42-32-28-39(5)29-33-42;;;/h26-33,40,43-44H,3,6-25,34-37H2,1-2,4-5H3;2*1H3;/q3*-1;+1. The zero-order valence-electron chi connectivity index (χ0n) is 35.7. The van der Waals surface area contributed by atoms with Crippen molar-refractivity contribution in [2.45, 2.75) is 194 Å². The molecule has 0 aromatic heterocycles. The number of ether oxygens (including phenoxy) is 2. The molecule has 0 saturated carbocycles. The molecule has 0 heterocycles. The fraction of sp³-hybridized carbons (Fsp3) is 0.646. The molecule has 0 radical (unpaired) electrons. The summed E-state index contributed by atoms with van der Waals surface area (Å²) in [6.07, 6.45) is 24.3. The van der Waals surface area contributed by atoms with Gasteiger partial charge in [-0.1, -0.05) is 131 Å². The summed E-state index contributed by atoms with van der Waals surface area (Å²) in [4.78, 5) is 26.0. The second-order valence-corrected chi connectivity index (χ2v) is 15.0.